The number of aliphatic hydroxyl groups is 1. The van der Waals surface area contributed by atoms with Crippen molar-refractivity contribution in [3.05, 3.63) is 29.6 Å². The lowest BCUT2D eigenvalue weighted by atomic mass is 9.48. The largest absolute Gasteiger partial charge is 0.386 e. The Morgan fingerprint density at radius 2 is 1.80 bits per heavy atom. The molecule has 0 radical (unpaired) electrons. The minimum atomic E-state index is -0.563. The Balaban J connectivity index is 1.72. The maximum atomic E-state index is 11.0. The van der Waals surface area contributed by atoms with Crippen LogP contribution in [0.1, 0.15) is 55.9 Å². The lowest BCUT2D eigenvalue weighted by Crippen LogP contribution is -2.49. The Morgan fingerprint density at radius 3 is 2.35 bits per heavy atom. The van der Waals surface area contributed by atoms with Gasteiger partial charge in [-0.3, -0.25) is 4.98 Å². The normalized spacial score (nSPS) is 39.5. The van der Waals surface area contributed by atoms with E-state index in [0.29, 0.717) is 11.3 Å². The third kappa shape index (κ3) is 1.71. The predicted octanol–water partition coefficient (Wildman–Crippen LogP) is 3.20. The van der Waals surface area contributed by atoms with E-state index in [1.165, 1.54) is 19.3 Å². The molecule has 1 aromatic heterocycles. The fourth-order valence-corrected chi connectivity index (χ4v) is 5.53. The van der Waals surface area contributed by atoms with Gasteiger partial charge in [0.15, 0.2) is 0 Å². The summed E-state index contributed by atoms with van der Waals surface area (Å²) in [5.74, 6) is 2.39. The lowest BCUT2D eigenvalue weighted by molar-refractivity contribution is -0.123. The van der Waals surface area contributed by atoms with Crippen LogP contribution in [0.2, 0.25) is 0 Å². The van der Waals surface area contributed by atoms with Crippen LogP contribution in [0.5, 0.6) is 0 Å². The summed E-state index contributed by atoms with van der Waals surface area (Å²) in [6.07, 6.45) is 8.59. The molecular formula is C17H20N2O. The van der Waals surface area contributed by atoms with Crippen LogP contribution in [0.25, 0.3) is 0 Å². The monoisotopic (exact) mass is 268 g/mol. The predicted molar refractivity (Wildman–Crippen MR) is 74.5 cm³/mol. The van der Waals surface area contributed by atoms with E-state index in [4.69, 9.17) is 0 Å². The molecule has 4 aliphatic carbocycles. The van der Waals surface area contributed by atoms with Crippen molar-refractivity contribution < 1.29 is 5.11 Å². The van der Waals surface area contributed by atoms with Gasteiger partial charge in [-0.1, -0.05) is 0 Å². The minimum absolute atomic E-state index is 0.00525. The van der Waals surface area contributed by atoms with Gasteiger partial charge in [-0.15, -0.1) is 0 Å². The summed E-state index contributed by atoms with van der Waals surface area (Å²) in [5.41, 5.74) is 1.14. The molecule has 4 fully saturated rings. The van der Waals surface area contributed by atoms with Gasteiger partial charge in [0.05, 0.1) is 11.3 Å². The number of pyridine rings is 1. The zero-order valence-corrected chi connectivity index (χ0v) is 11.6. The molecule has 20 heavy (non-hydrogen) atoms. The lowest BCUT2D eigenvalue weighted by Gasteiger charge is -2.58. The van der Waals surface area contributed by atoms with Crippen LogP contribution in [0.3, 0.4) is 0 Å². The van der Waals surface area contributed by atoms with Gasteiger partial charge in [0.1, 0.15) is 12.2 Å². The molecule has 3 heteroatoms. The highest BCUT2D eigenvalue weighted by Crippen LogP contribution is 2.63. The molecule has 0 aromatic carbocycles. The summed E-state index contributed by atoms with van der Waals surface area (Å²) in [7, 11) is 0. The first kappa shape index (κ1) is 12.3. The molecule has 5 rings (SSSR count). The van der Waals surface area contributed by atoms with E-state index in [1.54, 1.807) is 18.3 Å². The Bertz CT molecular complexity index is 539. The van der Waals surface area contributed by atoms with Gasteiger partial charge in [0, 0.05) is 11.6 Å². The molecule has 1 aromatic rings. The molecule has 1 heterocycles. The molecule has 4 saturated carbocycles. The summed E-state index contributed by atoms with van der Waals surface area (Å²) in [6, 6.07) is 5.73. The Morgan fingerprint density at radius 1 is 1.20 bits per heavy atom. The zero-order chi connectivity index (χ0) is 13.7. The molecule has 104 valence electrons. The average Bonchev–Trinajstić information content (AvgIpc) is 2.45. The highest BCUT2D eigenvalue weighted by atomic mass is 16.3. The molecule has 0 saturated heterocycles. The smallest absolute Gasteiger partial charge is 0.103 e. The number of rotatable bonds is 2. The van der Waals surface area contributed by atoms with Crippen LogP contribution in [0, 0.1) is 34.5 Å². The van der Waals surface area contributed by atoms with E-state index >= 15 is 0 Å². The zero-order valence-electron chi connectivity index (χ0n) is 11.6. The van der Waals surface area contributed by atoms with Gasteiger partial charge < -0.3 is 5.11 Å². The van der Waals surface area contributed by atoms with Gasteiger partial charge in [0.2, 0.25) is 0 Å². The van der Waals surface area contributed by atoms with E-state index in [9.17, 15) is 10.4 Å². The maximum Gasteiger partial charge on any atom is 0.103 e. The van der Waals surface area contributed by atoms with Crippen LogP contribution in [-0.4, -0.2) is 10.1 Å². The molecule has 4 bridgehead atoms. The van der Waals surface area contributed by atoms with Crippen molar-refractivity contribution in [2.45, 2.75) is 44.6 Å². The summed E-state index contributed by atoms with van der Waals surface area (Å²) in [4.78, 5) is 4.33. The van der Waals surface area contributed by atoms with Crippen molar-refractivity contribution in [1.29, 1.82) is 5.26 Å². The Kier molecular flexibility index (Phi) is 2.65. The maximum absolute atomic E-state index is 11.0. The second-order valence-corrected chi connectivity index (χ2v) is 7.23. The number of nitrogens with zero attached hydrogens (tertiary/aromatic N) is 2. The summed E-state index contributed by atoms with van der Waals surface area (Å²) >= 11 is 0. The molecule has 4 aliphatic rings. The Labute approximate surface area is 119 Å². The first-order chi connectivity index (χ1) is 9.70. The standard InChI is InChI=1S/C17H20N2O/c18-10-14-2-1-3-19-15(14)16(20)17-7-11-4-12(8-17)6-13(5-11)9-17/h1-3,11-13,16,20H,4-9H2. The molecule has 1 unspecified atom stereocenters. The summed E-state index contributed by atoms with van der Waals surface area (Å²) in [6.45, 7) is 0. The Hall–Kier alpha value is -1.40. The quantitative estimate of drug-likeness (QED) is 0.896. The second kappa shape index (κ2) is 4.30. The van der Waals surface area contributed by atoms with Gasteiger partial charge in [-0.2, -0.15) is 5.26 Å². The van der Waals surface area contributed by atoms with Crippen molar-refractivity contribution in [1.82, 2.24) is 4.98 Å². The van der Waals surface area contributed by atoms with Gasteiger partial charge in [-0.05, 0) is 68.4 Å². The number of hydrogen-bond acceptors (Lipinski definition) is 3. The topological polar surface area (TPSA) is 56.9 Å². The molecule has 0 aliphatic heterocycles. The van der Waals surface area contributed by atoms with Crippen LogP contribution < -0.4 is 0 Å². The van der Waals surface area contributed by atoms with E-state index in [-0.39, 0.29) is 5.41 Å². The van der Waals surface area contributed by atoms with Crippen molar-refractivity contribution in [3.63, 3.8) is 0 Å². The fraction of sp³-hybridized carbons (Fsp3) is 0.647. The molecule has 1 atom stereocenters. The highest BCUT2D eigenvalue weighted by Gasteiger charge is 2.54. The van der Waals surface area contributed by atoms with Crippen LogP contribution in [-0.2, 0) is 0 Å². The molecule has 0 spiro atoms. The van der Waals surface area contributed by atoms with Crippen LogP contribution >= 0.6 is 0 Å². The van der Waals surface area contributed by atoms with E-state index in [1.807, 2.05) is 0 Å². The van der Waals surface area contributed by atoms with Crippen molar-refractivity contribution in [2.24, 2.45) is 23.2 Å². The molecular weight excluding hydrogens is 248 g/mol. The minimum Gasteiger partial charge on any atom is -0.386 e. The fourth-order valence-electron chi connectivity index (χ4n) is 5.53. The first-order valence-electron chi connectivity index (χ1n) is 7.73. The third-order valence-electron chi connectivity index (χ3n) is 5.88. The number of aliphatic hydroxyl groups excluding tert-OH is 1. The van der Waals surface area contributed by atoms with Crippen molar-refractivity contribution >= 4 is 0 Å². The number of hydrogen-bond donors (Lipinski definition) is 1. The summed E-state index contributed by atoms with van der Waals surface area (Å²) < 4.78 is 0. The molecule has 0 amide bonds. The van der Waals surface area contributed by atoms with Crippen molar-refractivity contribution in [3.8, 4) is 6.07 Å². The van der Waals surface area contributed by atoms with E-state index < -0.39 is 6.10 Å². The van der Waals surface area contributed by atoms with Crippen LogP contribution in [0.4, 0.5) is 0 Å². The number of aromatic nitrogens is 1. The summed E-state index contributed by atoms with van der Waals surface area (Å²) in [5, 5.41) is 20.2. The first-order valence-corrected chi connectivity index (χ1v) is 7.73. The SMILES string of the molecule is N#Cc1cccnc1C(O)C12CC3CC(CC(C3)C1)C2. The molecule has 3 nitrogen and oxygen atoms in total. The van der Waals surface area contributed by atoms with E-state index in [0.717, 1.165) is 37.0 Å². The van der Waals surface area contributed by atoms with Gasteiger partial charge in [-0.25, -0.2) is 0 Å². The van der Waals surface area contributed by atoms with Gasteiger partial charge in [0.25, 0.3) is 0 Å². The average molecular weight is 268 g/mol. The molecule has 1 N–H and O–H groups in total. The van der Waals surface area contributed by atoms with Gasteiger partial charge >= 0.3 is 0 Å². The van der Waals surface area contributed by atoms with E-state index in [2.05, 4.69) is 11.1 Å². The highest BCUT2D eigenvalue weighted by molar-refractivity contribution is 5.35. The second-order valence-electron chi connectivity index (χ2n) is 7.23. The number of nitriles is 1. The van der Waals surface area contributed by atoms with Crippen LogP contribution in [0.15, 0.2) is 18.3 Å². The van der Waals surface area contributed by atoms with Crippen molar-refractivity contribution in [2.75, 3.05) is 0 Å². The third-order valence-corrected chi connectivity index (χ3v) is 5.88.